The fraction of sp³-hybridized carbons (Fsp3) is 0.789. The summed E-state index contributed by atoms with van der Waals surface area (Å²) < 4.78 is 18.5. The first-order valence-electron chi connectivity index (χ1n) is 10.1. The lowest BCUT2D eigenvalue weighted by molar-refractivity contribution is -0.144. The van der Waals surface area contributed by atoms with Gasteiger partial charge in [0.15, 0.2) is 0 Å². The van der Waals surface area contributed by atoms with Crippen molar-refractivity contribution in [3.63, 3.8) is 0 Å². The average molecular weight is 451 g/mol. The van der Waals surface area contributed by atoms with Crippen LogP contribution in [0.2, 0.25) is 0 Å². The van der Waals surface area contributed by atoms with E-state index >= 15 is 0 Å². The van der Waals surface area contributed by atoms with Crippen molar-refractivity contribution in [1.29, 1.82) is 0 Å². The molecule has 1 aliphatic rings. The molecule has 1 rings (SSSR count). The minimum atomic E-state index is -2.41. The number of hydrogen-bond acceptors (Lipinski definition) is 5. The molecule has 2 atom stereocenters. The minimum absolute atomic E-state index is 0.209. The van der Waals surface area contributed by atoms with Gasteiger partial charge < -0.3 is 15.8 Å². The maximum atomic E-state index is 13.3. The van der Waals surface area contributed by atoms with Gasteiger partial charge in [-0.15, -0.1) is 0 Å². The van der Waals surface area contributed by atoms with E-state index in [-0.39, 0.29) is 18.9 Å². The van der Waals surface area contributed by atoms with E-state index in [0.717, 1.165) is 32.1 Å². The van der Waals surface area contributed by atoms with Gasteiger partial charge in [0, 0.05) is 6.42 Å². The minimum Gasteiger partial charge on any atom is -0.444 e. The number of rotatable bonds is 8. The Labute approximate surface area is 181 Å². The molecule has 172 valence electrons. The van der Waals surface area contributed by atoms with Crippen molar-refractivity contribution in [2.45, 2.75) is 83.0 Å². The summed E-state index contributed by atoms with van der Waals surface area (Å²) in [5.41, 5.74) is 4.15. The van der Waals surface area contributed by atoms with Crippen LogP contribution in [0.5, 0.6) is 0 Å². The first-order chi connectivity index (χ1) is 13.9. The zero-order valence-electron chi connectivity index (χ0n) is 17.7. The molecule has 0 spiro atoms. The number of alkyl carbamates (subject to hydrolysis) is 1. The molecule has 0 aromatic heterocycles. The number of carbonyl (C=O) groups is 4. The van der Waals surface area contributed by atoms with Gasteiger partial charge >= 0.3 is 6.09 Å². The quantitative estimate of drug-likeness (QED) is 0.385. The van der Waals surface area contributed by atoms with E-state index in [2.05, 4.69) is 10.7 Å². The van der Waals surface area contributed by atoms with Crippen molar-refractivity contribution < 1.29 is 28.3 Å². The second-order valence-corrected chi connectivity index (χ2v) is 8.80. The molecule has 0 bridgehead atoms. The summed E-state index contributed by atoms with van der Waals surface area (Å²) in [7, 11) is 0. The number of ether oxygens (including phenoxy) is 1. The van der Waals surface area contributed by atoms with Gasteiger partial charge in [-0.05, 0) is 33.1 Å². The van der Waals surface area contributed by atoms with Crippen LogP contribution in [0.4, 0.5) is 9.18 Å². The van der Waals surface area contributed by atoms with Gasteiger partial charge in [-0.25, -0.2) is 14.2 Å². The van der Waals surface area contributed by atoms with Gasteiger partial charge in [0.2, 0.25) is 5.91 Å². The Morgan fingerprint density at radius 2 is 1.80 bits per heavy atom. The molecule has 1 aliphatic carbocycles. The van der Waals surface area contributed by atoms with Crippen molar-refractivity contribution >= 4 is 35.4 Å². The number of amides is 4. The third-order valence-electron chi connectivity index (χ3n) is 4.58. The number of nitrogens with one attached hydrogen (secondary N) is 2. The summed E-state index contributed by atoms with van der Waals surface area (Å²) in [6.45, 7) is 4.72. The molecule has 1 saturated carbocycles. The van der Waals surface area contributed by atoms with Gasteiger partial charge in [0.1, 0.15) is 11.6 Å². The fourth-order valence-electron chi connectivity index (χ4n) is 3.21. The third kappa shape index (κ3) is 10.1. The molecule has 4 amide bonds. The summed E-state index contributed by atoms with van der Waals surface area (Å²) in [5, 5.41) is 3.14. The number of nitrogens with two attached hydrogens (primary N) is 1. The van der Waals surface area contributed by atoms with Crippen LogP contribution in [-0.4, -0.2) is 52.6 Å². The predicted octanol–water partition coefficient (Wildman–Crippen LogP) is 2.12. The first-order valence-corrected chi connectivity index (χ1v) is 10.5. The van der Waals surface area contributed by atoms with Gasteiger partial charge in [-0.1, -0.05) is 43.7 Å². The number of hydrogen-bond donors (Lipinski definition) is 3. The number of alkyl halides is 2. The largest absolute Gasteiger partial charge is 0.444 e. The Kier molecular flexibility index (Phi) is 10.3. The first kappa shape index (κ1) is 25.9. The van der Waals surface area contributed by atoms with E-state index in [9.17, 15) is 23.6 Å². The van der Waals surface area contributed by atoms with Crippen molar-refractivity contribution in [1.82, 2.24) is 15.8 Å². The fourth-order valence-corrected chi connectivity index (χ4v) is 3.33. The van der Waals surface area contributed by atoms with E-state index in [0.29, 0.717) is 11.4 Å². The maximum absolute atomic E-state index is 13.3. The number of nitrogens with zero attached hydrogens (tertiary/aromatic N) is 1. The zero-order valence-corrected chi connectivity index (χ0v) is 18.5. The summed E-state index contributed by atoms with van der Waals surface area (Å²) in [4.78, 5) is 48.0. The SMILES string of the molecule is CC(C)(C)OC(=O)N[C@@H](CC1CCCCC1)C(=O)NN(CCC(N)=O)C(=O)C(F)Cl. The molecule has 11 heteroatoms. The second kappa shape index (κ2) is 11.9. The number of primary amides is 1. The van der Waals surface area contributed by atoms with Gasteiger partial charge in [0.25, 0.3) is 17.4 Å². The molecule has 9 nitrogen and oxygen atoms in total. The lowest BCUT2D eigenvalue weighted by Crippen LogP contribution is -2.56. The number of hydrazine groups is 1. The molecule has 4 N–H and O–H groups in total. The molecular weight excluding hydrogens is 419 g/mol. The van der Waals surface area contributed by atoms with Gasteiger partial charge in [-0.3, -0.25) is 19.8 Å². The normalized spacial score (nSPS) is 16.8. The van der Waals surface area contributed by atoms with Gasteiger partial charge in [0.05, 0.1) is 6.54 Å². The Morgan fingerprint density at radius 1 is 1.20 bits per heavy atom. The van der Waals surface area contributed by atoms with Crippen LogP contribution in [0.1, 0.15) is 65.7 Å². The van der Waals surface area contributed by atoms with E-state index in [1.165, 1.54) is 0 Å². The Morgan fingerprint density at radius 3 is 2.30 bits per heavy atom. The highest BCUT2D eigenvalue weighted by Crippen LogP contribution is 2.27. The second-order valence-electron chi connectivity index (χ2n) is 8.42. The number of halogens is 2. The number of carbonyl (C=O) groups excluding carboxylic acids is 4. The van der Waals surface area contributed by atoms with E-state index < -0.39 is 41.1 Å². The van der Waals surface area contributed by atoms with Crippen LogP contribution in [0.3, 0.4) is 0 Å². The van der Waals surface area contributed by atoms with Crippen LogP contribution >= 0.6 is 11.6 Å². The molecule has 0 aromatic carbocycles. The average Bonchev–Trinajstić information content (AvgIpc) is 2.62. The summed E-state index contributed by atoms with van der Waals surface area (Å²) in [6.07, 6.45) is 4.27. The lowest BCUT2D eigenvalue weighted by Gasteiger charge is -2.30. The zero-order chi connectivity index (χ0) is 22.9. The maximum Gasteiger partial charge on any atom is 0.408 e. The summed E-state index contributed by atoms with van der Waals surface area (Å²) >= 11 is 5.20. The topological polar surface area (TPSA) is 131 Å². The highest BCUT2D eigenvalue weighted by molar-refractivity contribution is 6.29. The molecule has 0 heterocycles. The predicted molar refractivity (Wildman–Crippen MR) is 109 cm³/mol. The van der Waals surface area contributed by atoms with Crippen LogP contribution < -0.4 is 16.5 Å². The van der Waals surface area contributed by atoms with Gasteiger partial charge in [-0.2, -0.15) is 0 Å². The molecular formula is C19H32ClFN4O5. The van der Waals surface area contributed by atoms with E-state index in [4.69, 9.17) is 22.1 Å². The smallest absolute Gasteiger partial charge is 0.408 e. The molecule has 1 unspecified atom stereocenters. The Balaban J connectivity index is 2.91. The van der Waals surface area contributed by atoms with Crippen molar-refractivity contribution in [3.05, 3.63) is 0 Å². The molecule has 30 heavy (non-hydrogen) atoms. The van der Waals surface area contributed by atoms with Crippen LogP contribution in [0.25, 0.3) is 0 Å². The van der Waals surface area contributed by atoms with Crippen molar-refractivity contribution in [2.24, 2.45) is 11.7 Å². The van der Waals surface area contributed by atoms with Crippen molar-refractivity contribution in [2.75, 3.05) is 6.54 Å². The summed E-state index contributed by atoms with van der Waals surface area (Å²) in [6, 6.07) is -1.01. The lowest BCUT2D eigenvalue weighted by atomic mass is 9.84. The monoisotopic (exact) mass is 450 g/mol. The van der Waals surface area contributed by atoms with E-state index in [1.54, 1.807) is 20.8 Å². The molecule has 1 fully saturated rings. The highest BCUT2D eigenvalue weighted by atomic mass is 35.5. The molecule has 0 aromatic rings. The van der Waals surface area contributed by atoms with Crippen LogP contribution in [-0.2, 0) is 19.1 Å². The summed E-state index contributed by atoms with van der Waals surface area (Å²) in [5.74, 6) is -2.50. The molecule has 0 radical (unpaired) electrons. The van der Waals surface area contributed by atoms with Crippen LogP contribution in [0, 0.1) is 5.92 Å². The van der Waals surface area contributed by atoms with E-state index in [1.807, 2.05) is 0 Å². The molecule has 0 saturated heterocycles. The Bertz CT molecular complexity index is 621. The third-order valence-corrected chi connectivity index (χ3v) is 4.77. The highest BCUT2D eigenvalue weighted by Gasteiger charge is 2.31. The molecule has 0 aliphatic heterocycles. The standard InChI is InChI=1S/C19H32ClFN4O5/c1-19(2,3)30-18(29)23-13(11-12-7-5-4-6-8-12)16(27)24-25(10-9-14(22)26)17(28)15(20)21/h12-13,15H,4-11H2,1-3H3,(H2,22,26)(H,23,29)(H,24,27)/t13-,15?/m0/s1. The Hall–Kier alpha value is -2.10. The van der Waals surface area contributed by atoms with Crippen molar-refractivity contribution in [3.8, 4) is 0 Å². The van der Waals surface area contributed by atoms with Crippen LogP contribution in [0.15, 0.2) is 0 Å².